The highest BCUT2D eigenvalue weighted by molar-refractivity contribution is 5.79. The zero-order valence-corrected chi connectivity index (χ0v) is 13.9. The van der Waals surface area contributed by atoms with Crippen molar-refractivity contribution in [2.75, 3.05) is 6.61 Å². The van der Waals surface area contributed by atoms with Gasteiger partial charge in [-0.25, -0.2) is 4.85 Å². The number of hydrogen-bond acceptors (Lipinski definition) is 5. The van der Waals surface area contributed by atoms with Crippen molar-refractivity contribution in [3.8, 4) is 0 Å². The number of esters is 1. The van der Waals surface area contributed by atoms with Gasteiger partial charge in [-0.3, -0.25) is 19.6 Å². The maximum Gasteiger partial charge on any atom is 0.310 e. The number of carbonyl (C=O) groups is 2. The molecule has 0 saturated heterocycles. The van der Waals surface area contributed by atoms with Gasteiger partial charge in [0.1, 0.15) is 0 Å². The first-order chi connectivity index (χ1) is 12.1. The van der Waals surface area contributed by atoms with E-state index in [1.807, 2.05) is 12.1 Å². The molecule has 1 aliphatic heterocycles. The van der Waals surface area contributed by atoms with E-state index in [-0.39, 0.29) is 18.3 Å². The van der Waals surface area contributed by atoms with Crippen LogP contribution in [0.1, 0.15) is 23.9 Å². The highest BCUT2D eigenvalue weighted by Crippen LogP contribution is 2.16. The number of pyridine rings is 2. The zero-order valence-electron chi connectivity index (χ0n) is 13.9. The minimum absolute atomic E-state index is 0.0619. The van der Waals surface area contributed by atoms with Gasteiger partial charge in [0, 0.05) is 18.9 Å². The van der Waals surface area contributed by atoms with Gasteiger partial charge in [0.2, 0.25) is 11.6 Å². The second kappa shape index (κ2) is 9.13. The number of nitrogens with zero attached hydrogens (tertiary/aromatic N) is 3. The minimum atomic E-state index is -0.351. The van der Waals surface area contributed by atoms with Crippen molar-refractivity contribution >= 4 is 17.6 Å². The fraction of sp³-hybridized carbons (Fsp3) is 0.278. The van der Waals surface area contributed by atoms with Crippen LogP contribution in [0.4, 0.5) is 5.69 Å². The van der Waals surface area contributed by atoms with Crippen molar-refractivity contribution in [2.24, 2.45) is 0 Å². The second-order valence-electron chi connectivity index (χ2n) is 5.13. The van der Waals surface area contributed by atoms with Crippen LogP contribution in [-0.2, 0) is 33.7 Å². The smallest absolute Gasteiger partial charge is 0.310 e. The maximum absolute atomic E-state index is 11.1. The van der Waals surface area contributed by atoms with Crippen LogP contribution in [-0.4, -0.2) is 28.5 Å². The van der Waals surface area contributed by atoms with E-state index in [2.05, 4.69) is 20.1 Å². The van der Waals surface area contributed by atoms with Crippen LogP contribution >= 0.6 is 0 Å². The number of amides is 1. The van der Waals surface area contributed by atoms with Crippen molar-refractivity contribution in [1.82, 2.24) is 15.3 Å². The van der Waals surface area contributed by atoms with E-state index < -0.39 is 0 Å². The number of carbonyl (C=O) groups excluding carboxylic acids is 2. The molecule has 0 radical (unpaired) electrons. The molecule has 7 heteroatoms. The van der Waals surface area contributed by atoms with Crippen LogP contribution in [0.25, 0.3) is 4.85 Å². The molecule has 0 fully saturated rings. The molecular weight excluding hydrogens is 320 g/mol. The van der Waals surface area contributed by atoms with Gasteiger partial charge in [-0.1, -0.05) is 18.2 Å². The van der Waals surface area contributed by atoms with Gasteiger partial charge in [-0.05, 0) is 18.6 Å². The van der Waals surface area contributed by atoms with Crippen molar-refractivity contribution in [1.29, 1.82) is 0 Å². The second-order valence-corrected chi connectivity index (χ2v) is 5.13. The van der Waals surface area contributed by atoms with Gasteiger partial charge in [0.15, 0.2) is 0 Å². The van der Waals surface area contributed by atoms with E-state index in [1.165, 1.54) is 0 Å². The number of ether oxygens (including phenoxy) is 1. The Balaban J connectivity index is 0.000000185. The summed E-state index contributed by atoms with van der Waals surface area (Å²) in [7, 11) is 0. The largest absolute Gasteiger partial charge is 0.466 e. The van der Waals surface area contributed by atoms with Crippen LogP contribution in [0.15, 0.2) is 36.7 Å². The molecule has 0 aromatic carbocycles. The first kappa shape index (κ1) is 18.1. The van der Waals surface area contributed by atoms with E-state index in [0.29, 0.717) is 31.0 Å². The monoisotopic (exact) mass is 338 g/mol. The molecule has 0 saturated carbocycles. The van der Waals surface area contributed by atoms with Gasteiger partial charge < -0.3 is 10.1 Å². The van der Waals surface area contributed by atoms with E-state index in [1.54, 1.807) is 31.5 Å². The third kappa shape index (κ3) is 5.39. The predicted molar refractivity (Wildman–Crippen MR) is 90.6 cm³/mol. The Labute approximate surface area is 145 Å². The number of nitrogens with one attached hydrogen (secondary N) is 1. The van der Waals surface area contributed by atoms with Crippen molar-refractivity contribution in [2.45, 2.75) is 26.3 Å². The molecule has 1 N–H and O–H groups in total. The summed E-state index contributed by atoms with van der Waals surface area (Å²) in [5, 5.41) is 2.76. The molecule has 1 aliphatic rings. The third-order valence-corrected chi connectivity index (χ3v) is 3.39. The summed E-state index contributed by atoms with van der Waals surface area (Å²) in [6, 6.07) is 7.18. The molecule has 3 heterocycles. The molecule has 7 nitrogen and oxygen atoms in total. The van der Waals surface area contributed by atoms with Crippen LogP contribution in [0, 0.1) is 6.57 Å². The quantitative estimate of drug-likeness (QED) is 0.683. The molecule has 0 bridgehead atoms. The van der Waals surface area contributed by atoms with Crippen LogP contribution in [0.5, 0.6) is 0 Å². The zero-order chi connectivity index (χ0) is 18.1. The fourth-order valence-electron chi connectivity index (χ4n) is 2.22. The SMILES string of the molecule is O=C1Cc2ncccc2CN1.[C-]#[N+]c1cccnc1CC(=O)OCC. The summed E-state index contributed by atoms with van der Waals surface area (Å²) in [6.45, 7) is 9.58. The molecule has 25 heavy (non-hydrogen) atoms. The Bertz CT molecular complexity index is 799. The Morgan fingerprint density at radius 2 is 2.08 bits per heavy atom. The van der Waals surface area contributed by atoms with Crippen molar-refractivity contribution in [3.05, 3.63) is 65.0 Å². The fourth-order valence-corrected chi connectivity index (χ4v) is 2.22. The topological polar surface area (TPSA) is 85.5 Å². The molecule has 128 valence electrons. The third-order valence-electron chi connectivity index (χ3n) is 3.39. The minimum Gasteiger partial charge on any atom is -0.466 e. The highest BCUT2D eigenvalue weighted by Gasteiger charge is 2.14. The molecule has 3 rings (SSSR count). The van der Waals surface area contributed by atoms with Crippen LogP contribution in [0.2, 0.25) is 0 Å². The lowest BCUT2D eigenvalue weighted by Crippen LogP contribution is -2.30. The van der Waals surface area contributed by atoms with Crippen molar-refractivity contribution < 1.29 is 14.3 Å². The summed E-state index contributed by atoms with van der Waals surface area (Å²) in [6.07, 6.45) is 3.77. The number of rotatable bonds is 3. The van der Waals surface area contributed by atoms with E-state index >= 15 is 0 Å². The summed E-state index contributed by atoms with van der Waals surface area (Å²) >= 11 is 0. The average Bonchev–Trinajstić information content (AvgIpc) is 2.63. The maximum atomic E-state index is 11.1. The standard InChI is InChI=1S/C10H10N2O2.C8H8N2O/c1-3-14-10(13)7-9-8(11-2)5-4-6-12-9;11-8-4-7-6(5-10-8)2-1-3-9-7/h4-6H,3,7H2,1H3;1-3H,4-5H2,(H,10,11). The molecule has 2 aromatic rings. The lowest BCUT2D eigenvalue weighted by atomic mass is 10.1. The molecular formula is C18H18N4O3. The number of fused-ring (bicyclic) bond motifs is 1. The molecule has 0 aliphatic carbocycles. The van der Waals surface area contributed by atoms with Gasteiger partial charge in [0.05, 0.1) is 37.4 Å². The predicted octanol–water partition coefficient (Wildman–Crippen LogP) is 1.99. The normalized spacial score (nSPS) is 11.9. The number of aromatic nitrogens is 2. The summed E-state index contributed by atoms with van der Waals surface area (Å²) < 4.78 is 4.76. The van der Waals surface area contributed by atoms with Gasteiger partial charge >= 0.3 is 5.97 Å². The lowest BCUT2D eigenvalue weighted by molar-refractivity contribution is -0.142. The first-order valence-electron chi connectivity index (χ1n) is 7.80. The summed E-state index contributed by atoms with van der Waals surface area (Å²) in [5.41, 5.74) is 2.92. The van der Waals surface area contributed by atoms with E-state index in [0.717, 1.165) is 11.3 Å². The van der Waals surface area contributed by atoms with Gasteiger partial charge in [0.25, 0.3) is 0 Å². The molecule has 1 amide bonds. The first-order valence-corrected chi connectivity index (χ1v) is 7.80. The van der Waals surface area contributed by atoms with Crippen LogP contribution in [0.3, 0.4) is 0 Å². The van der Waals surface area contributed by atoms with Crippen molar-refractivity contribution in [3.63, 3.8) is 0 Å². The Morgan fingerprint density at radius 3 is 2.84 bits per heavy atom. The number of hydrogen-bond donors (Lipinski definition) is 1. The van der Waals surface area contributed by atoms with E-state index in [9.17, 15) is 9.59 Å². The van der Waals surface area contributed by atoms with E-state index in [4.69, 9.17) is 11.3 Å². The van der Waals surface area contributed by atoms with Crippen LogP contribution < -0.4 is 5.32 Å². The molecule has 0 spiro atoms. The molecule has 2 aromatic heterocycles. The summed E-state index contributed by atoms with van der Waals surface area (Å²) in [4.78, 5) is 33.3. The Kier molecular flexibility index (Phi) is 6.60. The Hall–Kier alpha value is -3.27. The average molecular weight is 338 g/mol. The van der Waals surface area contributed by atoms with Gasteiger partial charge in [-0.15, -0.1) is 0 Å². The lowest BCUT2D eigenvalue weighted by Gasteiger charge is -2.14. The Morgan fingerprint density at radius 1 is 1.32 bits per heavy atom. The molecule has 0 unspecified atom stereocenters. The summed E-state index contributed by atoms with van der Waals surface area (Å²) in [5.74, 6) is -0.285. The molecule has 0 atom stereocenters. The highest BCUT2D eigenvalue weighted by atomic mass is 16.5. The van der Waals surface area contributed by atoms with Gasteiger partial charge in [-0.2, -0.15) is 0 Å².